The molecule has 5 rings (SSSR count). The first-order valence-electron chi connectivity index (χ1n) is 9.62. The average Bonchev–Trinajstić information content (AvgIpc) is 3.33. The second-order valence-electron chi connectivity index (χ2n) is 7.65. The molecule has 1 atom stereocenters. The standard InChI is InChI=1S/C22H22N2O3/c25-22(26)14-7-9-24(10-8-14)20-5-2-17-11-15(1-4-18(17)20)16-3-6-21-19(12-16)23-13-27-21/h1,3-4,6,11-14,20H,2,5,7-10H2,(H,25,26)/t20-/m0/s1. The molecule has 1 aliphatic carbocycles. The summed E-state index contributed by atoms with van der Waals surface area (Å²) in [5, 5.41) is 9.21. The number of hydrogen-bond acceptors (Lipinski definition) is 4. The minimum atomic E-state index is -0.643. The van der Waals surface area contributed by atoms with E-state index < -0.39 is 5.97 Å². The summed E-state index contributed by atoms with van der Waals surface area (Å²) in [5.74, 6) is -0.814. The van der Waals surface area contributed by atoms with Gasteiger partial charge in [-0.1, -0.05) is 24.3 Å². The Labute approximate surface area is 157 Å². The molecule has 1 fully saturated rings. The first kappa shape index (κ1) is 16.5. The van der Waals surface area contributed by atoms with Crippen molar-refractivity contribution in [1.82, 2.24) is 9.88 Å². The molecule has 0 amide bonds. The fraction of sp³-hybridized carbons (Fsp3) is 0.364. The zero-order chi connectivity index (χ0) is 18.4. The molecular weight excluding hydrogens is 340 g/mol. The van der Waals surface area contributed by atoms with Crippen molar-refractivity contribution in [2.24, 2.45) is 5.92 Å². The first-order chi connectivity index (χ1) is 13.2. The Morgan fingerprint density at radius 3 is 2.67 bits per heavy atom. The molecule has 0 radical (unpaired) electrons. The maximum atomic E-state index is 11.2. The highest BCUT2D eigenvalue weighted by Crippen LogP contribution is 2.39. The number of carboxylic acids is 1. The number of aryl methyl sites for hydroxylation is 1. The number of hydrogen-bond donors (Lipinski definition) is 1. The molecule has 2 aliphatic rings. The van der Waals surface area contributed by atoms with Crippen molar-refractivity contribution in [3.05, 3.63) is 53.9 Å². The summed E-state index contributed by atoms with van der Waals surface area (Å²) in [6.45, 7) is 1.76. The van der Waals surface area contributed by atoms with Crippen molar-refractivity contribution in [2.45, 2.75) is 31.7 Å². The monoisotopic (exact) mass is 362 g/mol. The largest absolute Gasteiger partial charge is 0.481 e. The highest BCUT2D eigenvalue weighted by atomic mass is 16.4. The van der Waals surface area contributed by atoms with Gasteiger partial charge in [-0.15, -0.1) is 0 Å². The van der Waals surface area contributed by atoms with Crippen LogP contribution in [-0.4, -0.2) is 34.0 Å². The normalized spacial score (nSPS) is 20.8. The molecule has 27 heavy (non-hydrogen) atoms. The summed E-state index contributed by atoms with van der Waals surface area (Å²) in [4.78, 5) is 17.9. The fourth-order valence-electron chi connectivity index (χ4n) is 4.65. The molecule has 1 saturated heterocycles. The molecule has 0 bridgehead atoms. The number of benzene rings is 2. The van der Waals surface area contributed by atoms with Gasteiger partial charge in [-0.2, -0.15) is 0 Å². The minimum absolute atomic E-state index is 0.170. The van der Waals surface area contributed by atoms with Crippen LogP contribution in [0.3, 0.4) is 0 Å². The minimum Gasteiger partial charge on any atom is -0.481 e. The third-order valence-corrected chi connectivity index (χ3v) is 6.17. The van der Waals surface area contributed by atoms with E-state index >= 15 is 0 Å². The topological polar surface area (TPSA) is 66.6 Å². The Kier molecular flexibility index (Phi) is 3.97. The van der Waals surface area contributed by atoms with Crippen molar-refractivity contribution >= 4 is 17.1 Å². The van der Waals surface area contributed by atoms with Gasteiger partial charge in [0.1, 0.15) is 5.52 Å². The highest BCUT2D eigenvalue weighted by Gasteiger charge is 2.32. The summed E-state index contributed by atoms with van der Waals surface area (Å²) in [6.07, 6.45) is 5.21. The van der Waals surface area contributed by atoms with E-state index in [1.54, 1.807) is 0 Å². The van der Waals surface area contributed by atoms with Gasteiger partial charge in [0.15, 0.2) is 12.0 Å². The Morgan fingerprint density at radius 1 is 1.07 bits per heavy atom. The highest BCUT2D eigenvalue weighted by molar-refractivity contribution is 5.80. The number of rotatable bonds is 3. The molecule has 1 N–H and O–H groups in total. The van der Waals surface area contributed by atoms with Crippen LogP contribution in [0, 0.1) is 5.92 Å². The molecule has 0 unspecified atom stereocenters. The molecule has 5 heteroatoms. The Bertz CT molecular complexity index is 1000. The lowest BCUT2D eigenvalue weighted by Crippen LogP contribution is -2.38. The smallest absolute Gasteiger partial charge is 0.306 e. The second-order valence-corrected chi connectivity index (χ2v) is 7.65. The van der Waals surface area contributed by atoms with Crippen molar-refractivity contribution in [3.63, 3.8) is 0 Å². The van der Waals surface area contributed by atoms with Crippen LogP contribution in [0.1, 0.15) is 36.4 Å². The number of aromatic nitrogens is 1. The van der Waals surface area contributed by atoms with Gasteiger partial charge in [0.2, 0.25) is 0 Å². The molecule has 0 spiro atoms. The van der Waals surface area contributed by atoms with Gasteiger partial charge < -0.3 is 9.52 Å². The number of aliphatic carboxylic acids is 1. The predicted molar refractivity (Wildman–Crippen MR) is 102 cm³/mol. The molecule has 1 aromatic heterocycles. The second kappa shape index (κ2) is 6.50. The lowest BCUT2D eigenvalue weighted by Gasteiger charge is -2.35. The molecular formula is C22H22N2O3. The van der Waals surface area contributed by atoms with Crippen LogP contribution >= 0.6 is 0 Å². The van der Waals surface area contributed by atoms with E-state index in [-0.39, 0.29) is 5.92 Å². The predicted octanol–water partition coefficient (Wildman–Crippen LogP) is 4.28. The number of oxazole rings is 1. The zero-order valence-electron chi connectivity index (χ0n) is 15.1. The molecule has 0 saturated carbocycles. The number of carbonyl (C=O) groups is 1. The Morgan fingerprint density at radius 2 is 1.85 bits per heavy atom. The Hall–Kier alpha value is -2.66. The van der Waals surface area contributed by atoms with Gasteiger partial charge >= 0.3 is 5.97 Å². The molecule has 2 heterocycles. The van der Waals surface area contributed by atoms with E-state index in [2.05, 4.69) is 40.2 Å². The fourth-order valence-corrected chi connectivity index (χ4v) is 4.65. The van der Waals surface area contributed by atoms with Gasteiger partial charge in [-0.25, -0.2) is 4.98 Å². The molecule has 1 aliphatic heterocycles. The molecule has 3 aromatic rings. The van der Waals surface area contributed by atoms with Gasteiger partial charge in [0.25, 0.3) is 0 Å². The molecule has 138 valence electrons. The van der Waals surface area contributed by atoms with E-state index in [1.165, 1.54) is 23.1 Å². The number of piperidine rings is 1. The van der Waals surface area contributed by atoms with Crippen molar-refractivity contribution in [3.8, 4) is 11.1 Å². The van der Waals surface area contributed by atoms with Gasteiger partial charge in [0.05, 0.1) is 5.92 Å². The van der Waals surface area contributed by atoms with Gasteiger partial charge in [-0.3, -0.25) is 9.69 Å². The van der Waals surface area contributed by atoms with Crippen LogP contribution in [0.15, 0.2) is 47.2 Å². The zero-order valence-corrected chi connectivity index (χ0v) is 15.1. The van der Waals surface area contributed by atoms with Crippen molar-refractivity contribution in [1.29, 1.82) is 0 Å². The van der Waals surface area contributed by atoms with E-state index in [9.17, 15) is 9.90 Å². The maximum Gasteiger partial charge on any atom is 0.306 e. The van der Waals surface area contributed by atoms with Crippen LogP contribution in [0.5, 0.6) is 0 Å². The van der Waals surface area contributed by atoms with Gasteiger partial charge in [0, 0.05) is 6.04 Å². The van der Waals surface area contributed by atoms with Crippen LogP contribution in [0.2, 0.25) is 0 Å². The first-order valence-corrected chi connectivity index (χ1v) is 9.62. The summed E-state index contributed by atoms with van der Waals surface area (Å²) < 4.78 is 5.33. The number of likely N-dealkylation sites (tertiary alicyclic amines) is 1. The van der Waals surface area contributed by atoms with E-state index in [4.69, 9.17) is 4.42 Å². The number of nitrogens with zero attached hydrogens (tertiary/aromatic N) is 2. The van der Waals surface area contributed by atoms with Crippen molar-refractivity contribution in [2.75, 3.05) is 13.1 Å². The van der Waals surface area contributed by atoms with Crippen LogP contribution in [0.25, 0.3) is 22.2 Å². The number of fused-ring (bicyclic) bond motifs is 2. The number of carboxylic acid groups (broad SMARTS) is 1. The summed E-state index contributed by atoms with van der Waals surface area (Å²) in [5.41, 5.74) is 6.89. The summed E-state index contributed by atoms with van der Waals surface area (Å²) in [6, 6.07) is 13.3. The SMILES string of the molecule is O=C(O)C1CCN([C@H]2CCc3cc(-c4ccc5ocnc5c4)ccc32)CC1. The van der Waals surface area contributed by atoms with E-state index in [0.29, 0.717) is 6.04 Å². The van der Waals surface area contributed by atoms with E-state index in [1.807, 2.05) is 6.07 Å². The van der Waals surface area contributed by atoms with Crippen LogP contribution in [-0.2, 0) is 11.2 Å². The molecule has 2 aromatic carbocycles. The maximum absolute atomic E-state index is 11.2. The van der Waals surface area contributed by atoms with Gasteiger partial charge in [-0.05, 0) is 73.2 Å². The average molecular weight is 362 g/mol. The lowest BCUT2D eigenvalue weighted by atomic mass is 9.94. The molecule has 5 nitrogen and oxygen atoms in total. The third kappa shape index (κ3) is 2.92. The van der Waals surface area contributed by atoms with E-state index in [0.717, 1.165) is 55.4 Å². The Balaban J connectivity index is 1.38. The van der Waals surface area contributed by atoms with Crippen LogP contribution in [0.4, 0.5) is 0 Å². The quantitative estimate of drug-likeness (QED) is 0.753. The summed E-state index contributed by atoms with van der Waals surface area (Å²) in [7, 11) is 0. The lowest BCUT2D eigenvalue weighted by molar-refractivity contribution is -0.143. The third-order valence-electron chi connectivity index (χ3n) is 6.17. The van der Waals surface area contributed by atoms with Crippen LogP contribution < -0.4 is 0 Å². The summed E-state index contributed by atoms with van der Waals surface area (Å²) >= 11 is 0. The van der Waals surface area contributed by atoms with Crippen molar-refractivity contribution < 1.29 is 14.3 Å².